The van der Waals surface area contributed by atoms with E-state index in [4.69, 9.17) is 76.3 Å². The zero-order valence-corrected chi connectivity index (χ0v) is 83.6. The number of hydrogen-bond donors (Lipinski definition) is 30. The van der Waals surface area contributed by atoms with Crippen LogP contribution in [0.15, 0.2) is 34.1 Å². The van der Waals surface area contributed by atoms with Crippen molar-refractivity contribution in [2.24, 2.45) is 11.5 Å². The van der Waals surface area contributed by atoms with Crippen LogP contribution in [-0.2, 0) is 98.8 Å². The Labute approximate surface area is 856 Å². The number of aliphatic carboxylic acids is 3. The van der Waals surface area contributed by atoms with Crippen LogP contribution in [0.25, 0.3) is 0 Å². The number of nitrogen functional groups attached to an aromatic ring is 2. The van der Waals surface area contributed by atoms with Crippen LogP contribution in [0.3, 0.4) is 0 Å². The number of aliphatic hydroxyl groups excluding tert-OH is 20. The second-order valence-corrected chi connectivity index (χ2v) is 29.8. The van der Waals surface area contributed by atoms with Crippen molar-refractivity contribution in [3.8, 4) is 0 Å². The SMILES string of the molecule is C=O.C=O.CC.CNCC(=O)NC1C(O)CC(O)(C(=O)[O-])OC1[C@H](O)[C@H](O)CO.NC1C(O)OC(CO)C(O)C1O.NCC(=O)NC1C(O)CC(OP(=O)([O-])OCC2OC(n3ccc(N)nc3=O)C(O)C2O)(C(=O)[O-])OC1[C@H](O)[C@H](O)CO.Nc1ccn(C2OC(COP(=O)([O-])OC3(C(=O)[O-])CC(O)C(NC(=O)CNC=O)C([C@H](O)[C@H](O)CO)O3)C(O)C2O)c(=O)n1.[Na+].[Na+].[Na+].[Na+].[Na+]. The molecule has 0 saturated carbocycles. The number of aromatic nitrogens is 4. The van der Waals surface area contributed by atoms with Crippen LogP contribution >= 0.6 is 15.6 Å². The summed E-state index contributed by atoms with van der Waals surface area (Å²) in [6.45, 7) is 0.735. The van der Waals surface area contributed by atoms with Crippen LogP contribution in [0.1, 0.15) is 45.6 Å². The fourth-order valence-electron chi connectivity index (χ4n) is 12.2. The molecular formula is C63H104N13Na5O49P2. The largest absolute Gasteiger partial charge is 1.00 e. The Balaban J connectivity index is -0.000000861. The molecule has 2 aromatic heterocycles. The van der Waals surface area contributed by atoms with Gasteiger partial charge < -0.3 is 243 Å². The Hall–Kier alpha value is -2.99. The fourth-order valence-corrected chi connectivity index (χ4v) is 14.0. The Morgan fingerprint density at radius 1 is 0.553 bits per heavy atom. The Morgan fingerprint density at radius 2 is 0.886 bits per heavy atom. The maximum absolute atomic E-state index is 12.7. The van der Waals surface area contributed by atoms with Gasteiger partial charge in [0.1, 0.15) is 153 Å². The third kappa shape index (κ3) is 37.5. The van der Waals surface area contributed by atoms with Gasteiger partial charge in [0.25, 0.3) is 15.6 Å². The Bertz CT molecular complexity index is 4060. The van der Waals surface area contributed by atoms with Crippen LogP contribution in [0.2, 0.25) is 0 Å². The zero-order valence-electron chi connectivity index (χ0n) is 71.8. The number of carbonyl (C=O) groups excluding carboxylic acids is 9. The van der Waals surface area contributed by atoms with E-state index in [-0.39, 0.29) is 172 Å². The van der Waals surface area contributed by atoms with Crippen LogP contribution < -0.4 is 234 Å². The molecule has 0 spiro atoms. The van der Waals surface area contributed by atoms with Gasteiger partial charge in [-0.25, -0.2) is 9.59 Å². The molecule has 6 saturated heterocycles. The normalized spacial score (nSPS) is 32.4. The van der Waals surface area contributed by atoms with E-state index in [0.29, 0.717) is 0 Å². The molecule has 0 aromatic carbocycles. The van der Waals surface area contributed by atoms with E-state index < -0.39 is 323 Å². The number of amides is 4. The minimum Gasteiger partial charge on any atom is -0.756 e. The molecule has 6 aliphatic heterocycles. The van der Waals surface area contributed by atoms with Crippen LogP contribution in [0, 0.1) is 0 Å². The minimum absolute atomic E-state index is 0. The first-order valence-electron chi connectivity index (χ1n) is 36.8. The van der Waals surface area contributed by atoms with E-state index in [9.17, 15) is 169 Å². The number of phosphoric acid groups is 2. The molecule has 34 N–H and O–H groups in total. The molecule has 69 heteroatoms. The summed E-state index contributed by atoms with van der Waals surface area (Å²) in [5, 5.41) is 252. The smallest absolute Gasteiger partial charge is 0.756 e. The molecule has 8 heterocycles. The van der Waals surface area contributed by atoms with Crippen molar-refractivity contribution in [3.63, 3.8) is 0 Å². The second kappa shape index (κ2) is 63.0. The van der Waals surface area contributed by atoms with Gasteiger partial charge >= 0.3 is 159 Å². The second-order valence-electron chi connectivity index (χ2n) is 27.1. The summed E-state index contributed by atoms with van der Waals surface area (Å²) < 4.78 is 75.9. The average Bonchev–Trinajstić information content (AvgIpc) is 1.25. The van der Waals surface area contributed by atoms with Crippen LogP contribution in [0.5, 0.6) is 0 Å². The number of carbonyl (C=O) groups is 9. The van der Waals surface area contributed by atoms with E-state index in [0.717, 1.165) is 21.5 Å². The number of likely N-dealkylation sites (N-methyl/N-ethyl adjacent to an activating group) is 1. The summed E-state index contributed by atoms with van der Waals surface area (Å²) >= 11 is 0. The van der Waals surface area contributed by atoms with E-state index in [1.165, 1.54) is 19.2 Å². The van der Waals surface area contributed by atoms with Gasteiger partial charge in [-0.1, -0.05) is 13.8 Å². The standard InChI is InChI=1S/C21H32N5O17P.C20H32N5O16P.C12H22N2O9.C6H13NO5.C2H6.2CH2O.5Na/c22-11-1-2-26(20(37)24-11)18-16(34)15(33)10(41-18)6-40-44(38,39)43-21(19(35)36)3-8(29)13(25-12(31)4-23-7-28)17(42-21)14(32)9(30)5-27;21-4-11(29)24-12-7(27)3-20(18(33)34,40-16(12)13(30)8(28)5-26)41-42(36,37)38-6-9-14(31)15(32)17(39-9)25-2-1-10(22)23-19(25)35;1-13-3-7(18)14-8-5(16)2-12(22,11(20)21)23-10(8)9(19)6(17)4-15;7-3-5(10)4(9)2(1-8)12-6(3)11;3*1-2;;;;;/h1-2,7-10,13-18,27,29-30,32-34H,3-6H2,(H,23,28)(H,25,31)(H,35,36)(H,38,39)(H2,22,24,37);1-2,7-9,12-17,26-28,30-32H,3-6,21H2,(H,24,29)(H,33,34)(H,36,37)(H2,22,23,35);5-6,8-10,13,15-17,19,22H,2-4H2,1H3,(H,14,18)(H,20,21);2-6,8-11H,1,7H2;1-2H3;2*1H2;;;;;/q;;;;;;;5*+1/p-5/t8?,9-,10?,13?,14-,15?,16?,17?,18?,21?;7?,8-,9?,12?,13-,14?,15?,16?,17?,20?;5?,6-,8?,9-,10?,12?;;;;;;;;;/m111........./s1. The number of phosphoric ester groups is 2. The molecule has 132 heavy (non-hydrogen) atoms. The van der Waals surface area contributed by atoms with Gasteiger partial charge in [-0.3, -0.25) is 46.5 Å². The third-order valence-electron chi connectivity index (χ3n) is 18.5. The number of carboxylic acids is 3. The zero-order chi connectivity index (χ0) is 97.6. The minimum atomic E-state index is -5.87. The van der Waals surface area contributed by atoms with E-state index >= 15 is 0 Å². The Morgan fingerprint density at radius 3 is 1.20 bits per heavy atom. The summed E-state index contributed by atoms with van der Waals surface area (Å²) in [5.41, 5.74) is 19.3. The van der Waals surface area contributed by atoms with Crippen molar-refractivity contribution in [2.75, 3.05) is 77.8 Å². The molecule has 33 atom stereocenters. The van der Waals surface area contributed by atoms with Gasteiger partial charge in [0, 0.05) is 31.7 Å². The first-order chi connectivity index (χ1) is 59.3. The third-order valence-corrected chi connectivity index (χ3v) is 20.4. The molecule has 4 amide bonds. The van der Waals surface area contributed by atoms with Gasteiger partial charge in [-0.15, -0.1) is 0 Å². The van der Waals surface area contributed by atoms with Crippen molar-refractivity contribution >= 4 is 82.9 Å². The van der Waals surface area contributed by atoms with Crippen molar-refractivity contribution < 1.29 is 379 Å². The summed E-state index contributed by atoms with van der Waals surface area (Å²) in [6.07, 6.45) is -43.6. The summed E-state index contributed by atoms with van der Waals surface area (Å²) in [7, 11) is -10.2. The first kappa shape index (κ1) is 135. The molecule has 0 aliphatic carbocycles. The van der Waals surface area contributed by atoms with Crippen LogP contribution in [-0.4, -0.2) is 424 Å². The van der Waals surface area contributed by atoms with Gasteiger partial charge in [0.05, 0.1) is 102 Å². The predicted molar refractivity (Wildman–Crippen MR) is 393 cm³/mol. The fraction of sp³-hybridized carbons (Fsp3) is 0.730. The van der Waals surface area contributed by atoms with E-state index in [2.05, 4.69) is 49.3 Å². The average molecular weight is 2000 g/mol. The summed E-state index contributed by atoms with van der Waals surface area (Å²) in [4.78, 5) is 154. The number of anilines is 2. The monoisotopic (exact) mass is 2000 g/mol. The molecule has 27 unspecified atom stereocenters. The molecule has 2 aromatic rings. The number of ether oxygens (including phenoxy) is 6. The topological polar surface area (TPSA) is 1050 Å². The van der Waals surface area contributed by atoms with Crippen LogP contribution in [0.4, 0.5) is 11.6 Å². The molecule has 0 bridgehead atoms. The van der Waals surface area contributed by atoms with Crippen molar-refractivity contribution in [1.29, 1.82) is 0 Å². The molecule has 6 aliphatic rings. The molecular weight excluding hydrogens is 1900 g/mol. The number of hydrogen-bond acceptors (Lipinski definition) is 56. The van der Waals surface area contributed by atoms with Gasteiger partial charge in [-0.05, 0) is 19.2 Å². The number of nitrogens with zero attached hydrogens (tertiary/aromatic N) is 4. The van der Waals surface area contributed by atoms with Crippen molar-refractivity contribution in [3.05, 3.63) is 45.5 Å². The number of nitrogens with two attached hydrogens (primary N) is 4. The molecule has 8 rings (SSSR count). The number of nitrogens with one attached hydrogen (secondary N) is 5. The predicted octanol–water partition coefficient (Wildman–Crippen LogP) is -40.4. The molecule has 0 radical (unpaired) electrons. The van der Waals surface area contributed by atoms with Crippen molar-refractivity contribution in [2.45, 2.75) is 222 Å². The summed E-state index contributed by atoms with van der Waals surface area (Å²) in [5.74, 6) is -19.5. The number of rotatable bonds is 34. The van der Waals surface area contributed by atoms with Gasteiger partial charge in [0.15, 0.2) is 18.7 Å². The molecule has 6 fully saturated rings. The van der Waals surface area contributed by atoms with Gasteiger partial charge in [-0.2, -0.15) is 9.97 Å². The number of carboxylic acid groups (broad SMARTS) is 3. The van der Waals surface area contributed by atoms with Gasteiger partial charge in [0.2, 0.25) is 41.5 Å². The van der Waals surface area contributed by atoms with Crippen molar-refractivity contribution in [1.82, 2.24) is 45.7 Å². The Kier molecular flexibility index (Phi) is 64.6. The number of aliphatic hydroxyl groups is 21. The maximum Gasteiger partial charge on any atom is 1.00 e. The maximum atomic E-state index is 12.7. The van der Waals surface area contributed by atoms with E-state index in [1.54, 1.807) is 0 Å². The first-order valence-corrected chi connectivity index (χ1v) is 39.7. The van der Waals surface area contributed by atoms with E-state index in [1.807, 2.05) is 32.7 Å². The summed E-state index contributed by atoms with van der Waals surface area (Å²) in [6, 6.07) is -3.46. The molecule has 62 nitrogen and oxygen atoms in total. The quantitative estimate of drug-likeness (QED) is 0.0176. The molecule has 730 valence electrons.